The number of aliphatic hydroxyl groups is 1. The normalized spacial score (nSPS) is 25.0. The second-order valence-corrected chi connectivity index (χ2v) is 7.30. The predicted octanol–water partition coefficient (Wildman–Crippen LogP) is 0.0789. The molecule has 2 saturated heterocycles. The van der Waals surface area contributed by atoms with Crippen LogP contribution in [0.4, 0.5) is 5.82 Å². The molecular weight excluding hydrogens is 294 g/mol. The zero-order chi connectivity index (χ0) is 16.6. The number of rotatable bonds is 2. The van der Waals surface area contributed by atoms with Gasteiger partial charge in [-0.3, -0.25) is 4.79 Å². The molecule has 0 bridgehead atoms. The van der Waals surface area contributed by atoms with Crippen molar-refractivity contribution in [2.75, 3.05) is 39.0 Å². The maximum atomic E-state index is 12.5. The molecule has 128 valence electrons. The van der Waals surface area contributed by atoms with E-state index in [1.54, 1.807) is 10.7 Å². The van der Waals surface area contributed by atoms with Gasteiger partial charge in [-0.1, -0.05) is 0 Å². The number of amides is 1. The Morgan fingerprint density at radius 1 is 1.48 bits per heavy atom. The van der Waals surface area contributed by atoms with Crippen molar-refractivity contribution in [2.24, 2.45) is 5.41 Å². The van der Waals surface area contributed by atoms with Crippen LogP contribution >= 0.6 is 0 Å². The van der Waals surface area contributed by atoms with Crippen LogP contribution in [-0.4, -0.2) is 69.9 Å². The van der Waals surface area contributed by atoms with E-state index in [2.05, 4.69) is 17.0 Å². The van der Waals surface area contributed by atoms with Crippen molar-refractivity contribution in [1.82, 2.24) is 19.6 Å². The molecule has 0 aromatic carbocycles. The van der Waals surface area contributed by atoms with E-state index in [4.69, 9.17) is 5.73 Å². The molecule has 2 aliphatic rings. The van der Waals surface area contributed by atoms with Crippen LogP contribution in [-0.2, 0) is 11.3 Å². The van der Waals surface area contributed by atoms with E-state index in [-0.39, 0.29) is 24.0 Å². The topological polar surface area (TPSA) is 87.6 Å². The molecule has 0 radical (unpaired) electrons. The fraction of sp³-hybridized carbons (Fsp3) is 0.750. The molecule has 7 heteroatoms. The minimum Gasteiger partial charge on any atom is -0.392 e. The van der Waals surface area contributed by atoms with Crippen molar-refractivity contribution in [3.8, 4) is 0 Å². The van der Waals surface area contributed by atoms with E-state index in [0.717, 1.165) is 51.1 Å². The van der Waals surface area contributed by atoms with Gasteiger partial charge in [0, 0.05) is 32.2 Å². The van der Waals surface area contributed by atoms with Gasteiger partial charge in [-0.25, -0.2) is 4.68 Å². The first-order valence-electron chi connectivity index (χ1n) is 8.31. The van der Waals surface area contributed by atoms with Gasteiger partial charge in [0.2, 0.25) is 5.91 Å². The summed E-state index contributed by atoms with van der Waals surface area (Å²) in [6, 6.07) is 1.78. The Hall–Kier alpha value is -1.60. The zero-order valence-electron chi connectivity index (χ0n) is 14.0. The standard InChI is InChI=1S/C16H27N5O2/c1-12-7-14(17)21(18-12)10-15(23)20-5-3-16(4-6-20)8-13(22)9-19(2)11-16/h7,13,22H,3-6,8-11,17H2,1-2H3. The molecule has 3 N–H and O–H groups in total. The number of hydrogen-bond acceptors (Lipinski definition) is 5. The van der Waals surface area contributed by atoms with E-state index in [1.165, 1.54) is 0 Å². The molecular formula is C16H27N5O2. The highest BCUT2D eigenvalue weighted by atomic mass is 16.3. The molecule has 0 aliphatic carbocycles. The Morgan fingerprint density at radius 2 is 2.17 bits per heavy atom. The number of hydrogen-bond donors (Lipinski definition) is 2. The summed E-state index contributed by atoms with van der Waals surface area (Å²) in [5.41, 5.74) is 6.84. The number of nitrogens with zero attached hydrogens (tertiary/aromatic N) is 4. The highest BCUT2D eigenvalue weighted by Gasteiger charge is 2.41. The maximum absolute atomic E-state index is 12.5. The van der Waals surface area contributed by atoms with Gasteiger partial charge in [0.25, 0.3) is 0 Å². The second-order valence-electron chi connectivity index (χ2n) is 7.30. The lowest BCUT2D eigenvalue weighted by Gasteiger charge is -2.48. The lowest BCUT2D eigenvalue weighted by Crippen LogP contribution is -2.53. The highest BCUT2D eigenvalue weighted by molar-refractivity contribution is 5.76. The Kier molecular flexibility index (Phi) is 4.33. The van der Waals surface area contributed by atoms with Gasteiger partial charge >= 0.3 is 0 Å². The number of nitrogen functional groups attached to an aromatic ring is 1. The van der Waals surface area contributed by atoms with Crippen molar-refractivity contribution in [2.45, 2.75) is 38.8 Å². The highest BCUT2D eigenvalue weighted by Crippen LogP contribution is 2.39. The van der Waals surface area contributed by atoms with E-state index >= 15 is 0 Å². The summed E-state index contributed by atoms with van der Waals surface area (Å²) in [4.78, 5) is 16.6. The first-order chi connectivity index (χ1) is 10.9. The molecule has 1 aromatic heterocycles. The number of carbonyl (C=O) groups is 1. The average Bonchev–Trinajstić information content (AvgIpc) is 2.76. The number of aliphatic hydroxyl groups excluding tert-OH is 1. The van der Waals surface area contributed by atoms with Crippen molar-refractivity contribution < 1.29 is 9.90 Å². The largest absolute Gasteiger partial charge is 0.392 e. The number of piperidine rings is 2. The molecule has 1 aromatic rings. The predicted molar refractivity (Wildman–Crippen MR) is 87.7 cm³/mol. The number of nitrogens with two attached hydrogens (primary N) is 1. The van der Waals surface area contributed by atoms with E-state index in [1.807, 2.05) is 11.8 Å². The van der Waals surface area contributed by atoms with Crippen LogP contribution in [0.15, 0.2) is 6.07 Å². The number of likely N-dealkylation sites (N-methyl/N-ethyl adjacent to an activating group) is 1. The monoisotopic (exact) mass is 321 g/mol. The van der Waals surface area contributed by atoms with E-state index in [0.29, 0.717) is 5.82 Å². The lowest BCUT2D eigenvalue weighted by atomic mass is 9.72. The van der Waals surface area contributed by atoms with Crippen LogP contribution in [0.1, 0.15) is 25.0 Å². The summed E-state index contributed by atoms with van der Waals surface area (Å²) in [7, 11) is 2.06. The smallest absolute Gasteiger partial charge is 0.244 e. The molecule has 3 rings (SSSR count). The van der Waals surface area contributed by atoms with E-state index < -0.39 is 0 Å². The average molecular weight is 321 g/mol. The third-order valence-corrected chi connectivity index (χ3v) is 5.19. The van der Waals surface area contributed by atoms with Crippen molar-refractivity contribution >= 4 is 11.7 Å². The first-order valence-corrected chi connectivity index (χ1v) is 8.31. The lowest BCUT2D eigenvalue weighted by molar-refractivity contribution is -0.135. The zero-order valence-corrected chi connectivity index (χ0v) is 14.0. The number of anilines is 1. The minimum atomic E-state index is -0.247. The fourth-order valence-electron chi connectivity index (χ4n) is 4.14. The van der Waals surface area contributed by atoms with Gasteiger partial charge < -0.3 is 20.6 Å². The third kappa shape index (κ3) is 3.50. The van der Waals surface area contributed by atoms with Crippen LogP contribution < -0.4 is 5.73 Å². The van der Waals surface area contributed by atoms with Crippen molar-refractivity contribution in [1.29, 1.82) is 0 Å². The van der Waals surface area contributed by atoms with Crippen LogP contribution in [0.3, 0.4) is 0 Å². The van der Waals surface area contributed by atoms with Gasteiger partial charge in [0.15, 0.2) is 0 Å². The van der Waals surface area contributed by atoms with Gasteiger partial charge in [-0.2, -0.15) is 5.10 Å². The van der Waals surface area contributed by atoms with Crippen LogP contribution in [0, 0.1) is 12.3 Å². The molecule has 1 amide bonds. The molecule has 1 spiro atoms. The SMILES string of the molecule is Cc1cc(N)n(CC(=O)N2CCC3(CC2)CC(O)CN(C)C3)n1. The minimum absolute atomic E-state index is 0.0689. The number of aryl methyl sites for hydroxylation is 1. The van der Waals surface area contributed by atoms with Gasteiger partial charge in [-0.15, -0.1) is 0 Å². The third-order valence-electron chi connectivity index (χ3n) is 5.19. The summed E-state index contributed by atoms with van der Waals surface area (Å²) in [5.74, 6) is 0.598. The molecule has 3 heterocycles. The number of β-amino-alcohol motifs (C(OH)–C–C–N with tert-alkyl or cyclic N) is 1. The van der Waals surface area contributed by atoms with Gasteiger partial charge in [-0.05, 0) is 38.6 Å². The van der Waals surface area contributed by atoms with Crippen LogP contribution in [0.5, 0.6) is 0 Å². The van der Waals surface area contributed by atoms with Crippen molar-refractivity contribution in [3.63, 3.8) is 0 Å². The van der Waals surface area contributed by atoms with E-state index in [9.17, 15) is 9.90 Å². The number of aromatic nitrogens is 2. The quantitative estimate of drug-likeness (QED) is 0.805. The summed E-state index contributed by atoms with van der Waals surface area (Å²) in [6.07, 6.45) is 2.51. The number of carbonyl (C=O) groups excluding carboxylic acids is 1. The Labute approximate surface area is 137 Å². The Morgan fingerprint density at radius 3 is 2.74 bits per heavy atom. The summed E-state index contributed by atoms with van der Waals surface area (Å²) >= 11 is 0. The molecule has 1 atom stereocenters. The summed E-state index contributed by atoms with van der Waals surface area (Å²) in [5, 5.41) is 14.3. The molecule has 1 unspecified atom stereocenters. The van der Waals surface area contributed by atoms with Gasteiger partial charge in [0.05, 0.1) is 11.8 Å². The molecule has 0 saturated carbocycles. The maximum Gasteiger partial charge on any atom is 0.244 e. The van der Waals surface area contributed by atoms with Gasteiger partial charge in [0.1, 0.15) is 12.4 Å². The summed E-state index contributed by atoms with van der Waals surface area (Å²) in [6.45, 7) is 5.33. The van der Waals surface area contributed by atoms with Crippen molar-refractivity contribution in [3.05, 3.63) is 11.8 Å². The molecule has 7 nitrogen and oxygen atoms in total. The Bertz CT molecular complexity index is 565. The molecule has 2 aliphatic heterocycles. The Balaban J connectivity index is 1.58. The molecule has 23 heavy (non-hydrogen) atoms. The fourth-order valence-corrected chi connectivity index (χ4v) is 4.14. The van der Waals surface area contributed by atoms with Crippen LogP contribution in [0.2, 0.25) is 0 Å². The van der Waals surface area contributed by atoms with Crippen LogP contribution in [0.25, 0.3) is 0 Å². The number of likely N-dealkylation sites (tertiary alicyclic amines) is 2. The molecule has 2 fully saturated rings. The summed E-state index contributed by atoms with van der Waals surface area (Å²) < 4.78 is 1.57. The second kappa shape index (κ2) is 6.13. The first kappa shape index (κ1) is 16.3.